The lowest BCUT2D eigenvalue weighted by atomic mass is 10.2. The molecular weight excluding hydrogens is 465 g/mol. The zero-order valence-corrected chi connectivity index (χ0v) is 17.0. The molecule has 0 aliphatic rings. The molecule has 0 unspecified atom stereocenters. The number of hydrogen-bond acceptors (Lipinski definition) is 4. The van der Waals surface area contributed by atoms with Gasteiger partial charge >= 0.3 is 6.18 Å². The molecule has 3 rings (SSSR count). The van der Waals surface area contributed by atoms with Crippen LogP contribution in [0.15, 0.2) is 58.2 Å². The summed E-state index contributed by atoms with van der Waals surface area (Å²) >= 11 is 4.63. The van der Waals surface area contributed by atoms with Gasteiger partial charge in [0, 0.05) is 35.4 Å². The lowest BCUT2D eigenvalue weighted by Crippen LogP contribution is -2.32. The fraction of sp³-hybridized carbons (Fsp3) is 0.235. The van der Waals surface area contributed by atoms with Gasteiger partial charge in [-0.3, -0.25) is 9.29 Å². The van der Waals surface area contributed by atoms with Crippen LogP contribution in [0.4, 0.5) is 18.2 Å². The topological polar surface area (TPSA) is 50.3 Å². The van der Waals surface area contributed by atoms with Gasteiger partial charge in [-0.1, -0.05) is 18.2 Å². The van der Waals surface area contributed by atoms with Crippen molar-refractivity contribution < 1.29 is 21.6 Å². The highest BCUT2D eigenvalue weighted by Crippen LogP contribution is 2.44. The molecule has 4 nitrogen and oxygen atoms in total. The van der Waals surface area contributed by atoms with Gasteiger partial charge in [0.2, 0.25) is 0 Å². The zero-order valence-electron chi connectivity index (χ0n) is 13.8. The lowest BCUT2D eigenvalue weighted by molar-refractivity contribution is -0.134. The van der Waals surface area contributed by atoms with Crippen molar-refractivity contribution in [2.75, 3.05) is 10.8 Å². The molecule has 0 saturated heterocycles. The maximum Gasteiger partial charge on any atom is 0.389 e. The maximum absolute atomic E-state index is 13.1. The Hall–Kier alpha value is -1.65. The second kappa shape index (κ2) is 7.76. The second-order valence-corrected chi connectivity index (χ2v) is 9.39. The molecule has 0 N–H and O–H groups in total. The fourth-order valence-electron chi connectivity index (χ4n) is 2.54. The van der Waals surface area contributed by atoms with Gasteiger partial charge in [0.15, 0.2) is 0 Å². The number of alkyl halides is 3. The summed E-state index contributed by atoms with van der Waals surface area (Å²) in [6.07, 6.45) is -3.13. The van der Waals surface area contributed by atoms with E-state index in [2.05, 4.69) is 20.9 Å². The fourth-order valence-corrected chi connectivity index (χ4v) is 6.41. The number of pyridine rings is 1. The van der Waals surface area contributed by atoms with Gasteiger partial charge in [-0.2, -0.15) is 13.2 Å². The highest BCUT2D eigenvalue weighted by atomic mass is 79.9. The SMILES string of the molecule is O=S(=O)(c1cccnc1)N(CCCC(F)(F)F)c1sc2ccccc2c1Br. The first-order valence-corrected chi connectivity index (χ1v) is 10.9. The Kier molecular flexibility index (Phi) is 5.78. The van der Waals surface area contributed by atoms with E-state index in [1.165, 1.54) is 35.9 Å². The molecule has 144 valence electrons. The second-order valence-electron chi connectivity index (χ2n) is 5.70. The molecule has 1 aromatic carbocycles. The molecule has 2 heterocycles. The molecule has 0 saturated carbocycles. The molecule has 2 aromatic heterocycles. The minimum Gasteiger partial charge on any atom is -0.263 e. The van der Waals surface area contributed by atoms with Gasteiger partial charge in [0.1, 0.15) is 9.90 Å². The van der Waals surface area contributed by atoms with Crippen LogP contribution in [0.2, 0.25) is 0 Å². The lowest BCUT2D eigenvalue weighted by Gasteiger charge is -2.23. The molecule has 0 fully saturated rings. The number of benzene rings is 1. The van der Waals surface area contributed by atoms with Crippen LogP contribution in [0, 0.1) is 0 Å². The number of halogens is 4. The molecule has 27 heavy (non-hydrogen) atoms. The van der Waals surface area contributed by atoms with E-state index in [1.54, 1.807) is 0 Å². The van der Waals surface area contributed by atoms with Crippen LogP contribution in [-0.2, 0) is 10.0 Å². The third-order valence-corrected chi connectivity index (χ3v) is 7.95. The monoisotopic (exact) mass is 478 g/mol. The largest absolute Gasteiger partial charge is 0.389 e. The van der Waals surface area contributed by atoms with Crippen LogP contribution in [0.1, 0.15) is 12.8 Å². The molecule has 10 heteroatoms. The minimum absolute atomic E-state index is 0.0682. The van der Waals surface area contributed by atoms with E-state index in [-0.39, 0.29) is 17.9 Å². The quantitative estimate of drug-likeness (QED) is 0.463. The van der Waals surface area contributed by atoms with E-state index >= 15 is 0 Å². The molecule has 0 aliphatic heterocycles. The van der Waals surface area contributed by atoms with Crippen molar-refractivity contribution >= 4 is 52.4 Å². The van der Waals surface area contributed by atoms with Crippen molar-refractivity contribution in [3.8, 4) is 0 Å². The molecular formula is C17H14BrF3N2O2S2. The van der Waals surface area contributed by atoms with E-state index in [1.807, 2.05) is 24.3 Å². The van der Waals surface area contributed by atoms with Gasteiger partial charge in [0.05, 0.1) is 4.47 Å². The van der Waals surface area contributed by atoms with Gasteiger partial charge < -0.3 is 0 Å². The van der Waals surface area contributed by atoms with Gasteiger partial charge in [-0.05, 0) is 40.5 Å². The van der Waals surface area contributed by atoms with Crippen molar-refractivity contribution in [2.45, 2.75) is 23.9 Å². The summed E-state index contributed by atoms with van der Waals surface area (Å²) in [6.45, 7) is -0.290. The first-order valence-electron chi connectivity index (χ1n) is 7.87. The number of hydrogen-bond donors (Lipinski definition) is 0. The molecule has 0 radical (unpaired) electrons. The van der Waals surface area contributed by atoms with Crippen LogP contribution in [0.25, 0.3) is 10.1 Å². The third-order valence-electron chi connectivity index (χ3n) is 3.79. The number of thiophene rings is 1. The summed E-state index contributed by atoms with van der Waals surface area (Å²) in [5.74, 6) is 0. The summed E-state index contributed by atoms with van der Waals surface area (Å²) in [4.78, 5) is 3.75. The summed E-state index contributed by atoms with van der Waals surface area (Å²) in [5.41, 5.74) is 0. The van der Waals surface area contributed by atoms with E-state index in [9.17, 15) is 21.6 Å². The third kappa shape index (κ3) is 4.44. The Morgan fingerprint density at radius 3 is 2.52 bits per heavy atom. The standard InChI is InChI=1S/C17H14BrF3N2O2S2/c18-15-13-6-1-2-7-14(13)26-16(15)23(10-4-8-17(19,20)21)27(24,25)12-5-3-9-22-11-12/h1-3,5-7,9,11H,4,8,10H2. The Bertz CT molecular complexity index is 1040. The average molecular weight is 479 g/mol. The first kappa shape index (κ1) is 20.1. The first-order chi connectivity index (χ1) is 12.7. The van der Waals surface area contributed by atoms with Crippen molar-refractivity contribution in [1.82, 2.24) is 4.98 Å². The van der Waals surface area contributed by atoms with Crippen LogP contribution in [0.5, 0.6) is 0 Å². The number of nitrogens with zero attached hydrogens (tertiary/aromatic N) is 2. The Balaban J connectivity index is 2.05. The van der Waals surface area contributed by atoms with E-state index in [0.29, 0.717) is 9.47 Å². The number of anilines is 1. The smallest absolute Gasteiger partial charge is 0.263 e. The summed E-state index contributed by atoms with van der Waals surface area (Å²) in [6, 6.07) is 10.1. The number of fused-ring (bicyclic) bond motifs is 1. The Morgan fingerprint density at radius 2 is 1.89 bits per heavy atom. The van der Waals surface area contributed by atoms with Crippen LogP contribution in [-0.4, -0.2) is 26.1 Å². The number of aromatic nitrogens is 1. The van der Waals surface area contributed by atoms with Crippen LogP contribution < -0.4 is 4.31 Å². The van der Waals surface area contributed by atoms with Gasteiger partial charge in [-0.15, -0.1) is 11.3 Å². The summed E-state index contributed by atoms with van der Waals surface area (Å²) < 4.78 is 66.4. The number of rotatable bonds is 6. The molecule has 0 amide bonds. The summed E-state index contributed by atoms with van der Waals surface area (Å²) in [7, 11) is -4.06. The molecule has 0 atom stereocenters. The minimum atomic E-state index is -4.35. The van der Waals surface area contributed by atoms with Crippen molar-refractivity contribution in [3.05, 3.63) is 53.3 Å². The van der Waals surface area contributed by atoms with Crippen LogP contribution >= 0.6 is 27.3 Å². The predicted octanol–water partition coefficient (Wildman–Crippen LogP) is 5.60. The predicted molar refractivity (Wildman–Crippen MR) is 104 cm³/mol. The maximum atomic E-state index is 13.1. The van der Waals surface area contributed by atoms with E-state index in [0.717, 1.165) is 14.4 Å². The Labute approximate surface area is 166 Å². The van der Waals surface area contributed by atoms with Crippen molar-refractivity contribution in [1.29, 1.82) is 0 Å². The molecule has 0 bridgehead atoms. The number of sulfonamides is 1. The average Bonchev–Trinajstić information content (AvgIpc) is 2.95. The van der Waals surface area contributed by atoms with E-state index in [4.69, 9.17) is 0 Å². The highest BCUT2D eigenvalue weighted by Gasteiger charge is 2.31. The zero-order chi connectivity index (χ0) is 19.7. The molecule has 3 aromatic rings. The van der Waals surface area contributed by atoms with Crippen molar-refractivity contribution in [2.24, 2.45) is 0 Å². The Morgan fingerprint density at radius 1 is 1.15 bits per heavy atom. The summed E-state index contributed by atoms with van der Waals surface area (Å²) in [5, 5.41) is 1.15. The van der Waals surface area contributed by atoms with Crippen LogP contribution in [0.3, 0.4) is 0 Å². The molecule has 0 aliphatic carbocycles. The van der Waals surface area contributed by atoms with E-state index < -0.39 is 22.6 Å². The normalized spacial score (nSPS) is 12.4. The van der Waals surface area contributed by atoms with Gasteiger partial charge in [-0.25, -0.2) is 8.42 Å². The van der Waals surface area contributed by atoms with Gasteiger partial charge in [0.25, 0.3) is 10.0 Å². The highest BCUT2D eigenvalue weighted by molar-refractivity contribution is 9.10. The van der Waals surface area contributed by atoms with Crippen molar-refractivity contribution in [3.63, 3.8) is 0 Å². The molecule has 0 spiro atoms.